The van der Waals surface area contributed by atoms with E-state index >= 15 is 0 Å². The van der Waals surface area contributed by atoms with Gasteiger partial charge in [0.2, 0.25) is 0 Å². The lowest BCUT2D eigenvalue weighted by atomic mass is 10.1. The zero-order valence-electron chi connectivity index (χ0n) is 15.2. The lowest BCUT2D eigenvalue weighted by Gasteiger charge is -2.16. The van der Waals surface area contributed by atoms with E-state index < -0.39 is 0 Å². The standard InChI is InChI=1S/C18H27N5S/c1-13-10-17(23(4)5)7-6-15(13)11-21-18(19-3)20-9-8-16-12-24-14(2)22-16/h6-7,10,12H,8-9,11H2,1-5H3,(H2,19,20,21). The number of aromatic nitrogens is 1. The number of aliphatic imine (C=N–C) groups is 1. The van der Waals surface area contributed by atoms with Gasteiger partial charge in [-0.25, -0.2) is 4.98 Å². The van der Waals surface area contributed by atoms with Gasteiger partial charge in [-0.15, -0.1) is 11.3 Å². The number of nitrogens with zero attached hydrogens (tertiary/aromatic N) is 3. The largest absolute Gasteiger partial charge is 0.378 e. The fourth-order valence-corrected chi connectivity index (χ4v) is 3.04. The number of nitrogens with one attached hydrogen (secondary N) is 2. The minimum absolute atomic E-state index is 0.759. The molecule has 0 saturated carbocycles. The van der Waals surface area contributed by atoms with Gasteiger partial charge in [-0.05, 0) is 37.1 Å². The van der Waals surface area contributed by atoms with Crippen molar-refractivity contribution in [3.05, 3.63) is 45.4 Å². The summed E-state index contributed by atoms with van der Waals surface area (Å²) in [5, 5.41) is 9.94. The van der Waals surface area contributed by atoms with E-state index in [1.165, 1.54) is 16.8 Å². The molecule has 0 aliphatic rings. The topological polar surface area (TPSA) is 52.6 Å². The van der Waals surface area contributed by atoms with Crippen LogP contribution in [0, 0.1) is 13.8 Å². The van der Waals surface area contributed by atoms with Gasteiger partial charge in [0.15, 0.2) is 5.96 Å². The zero-order valence-corrected chi connectivity index (χ0v) is 16.0. The van der Waals surface area contributed by atoms with Crippen molar-refractivity contribution in [3.8, 4) is 0 Å². The Labute approximate surface area is 148 Å². The summed E-state index contributed by atoms with van der Waals surface area (Å²) < 4.78 is 0. The summed E-state index contributed by atoms with van der Waals surface area (Å²) >= 11 is 1.69. The second-order valence-electron chi connectivity index (χ2n) is 5.97. The normalized spacial score (nSPS) is 11.5. The van der Waals surface area contributed by atoms with Crippen molar-refractivity contribution in [3.63, 3.8) is 0 Å². The van der Waals surface area contributed by atoms with E-state index in [1.54, 1.807) is 18.4 Å². The van der Waals surface area contributed by atoms with Crippen molar-refractivity contribution < 1.29 is 0 Å². The highest BCUT2D eigenvalue weighted by atomic mass is 32.1. The molecule has 2 N–H and O–H groups in total. The number of hydrogen-bond donors (Lipinski definition) is 2. The quantitative estimate of drug-likeness (QED) is 0.624. The molecule has 2 aromatic rings. The molecule has 0 spiro atoms. The molecular weight excluding hydrogens is 318 g/mol. The van der Waals surface area contributed by atoms with E-state index in [0.717, 1.165) is 36.2 Å². The molecule has 0 aliphatic carbocycles. The van der Waals surface area contributed by atoms with Crippen LogP contribution in [-0.4, -0.2) is 38.6 Å². The molecular formula is C18H27N5S. The highest BCUT2D eigenvalue weighted by molar-refractivity contribution is 7.09. The molecule has 0 atom stereocenters. The van der Waals surface area contributed by atoms with Crippen LogP contribution in [0.3, 0.4) is 0 Å². The zero-order chi connectivity index (χ0) is 17.5. The van der Waals surface area contributed by atoms with Gasteiger partial charge in [-0.3, -0.25) is 4.99 Å². The average Bonchev–Trinajstić information content (AvgIpc) is 2.96. The number of anilines is 1. The van der Waals surface area contributed by atoms with Crippen molar-refractivity contribution in [2.75, 3.05) is 32.6 Å². The van der Waals surface area contributed by atoms with Crippen LogP contribution in [0.2, 0.25) is 0 Å². The van der Waals surface area contributed by atoms with E-state index in [1.807, 2.05) is 6.92 Å². The van der Waals surface area contributed by atoms with E-state index in [0.29, 0.717) is 0 Å². The SMILES string of the molecule is CN=C(NCCc1csc(C)n1)NCc1ccc(N(C)C)cc1C. The Morgan fingerprint density at radius 3 is 2.62 bits per heavy atom. The Morgan fingerprint density at radius 2 is 2.04 bits per heavy atom. The molecule has 0 fully saturated rings. The Bertz CT molecular complexity index is 690. The lowest BCUT2D eigenvalue weighted by molar-refractivity contribution is 0.784. The Balaban J connectivity index is 1.83. The van der Waals surface area contributed by atoms with E-state index in [4.69, 9.17) is 0 Å². The van der Waals surface area contributed by atoms with Gasteiger partial charge in [0.25, 0.3) is 0 Å². The minimum Gasteiger partial charge on any atom is -0.378 e. The Hall–Kier alpha value is -2.08. The number of rotatable bonds is 6. The molecule has 6 heteroatoms. The molecule has 0 radical (unpaired) electrons. The summed E-state index contributed by atoms with van der Waals surface area (Å²) in [5.74, 6) is 0.818. The monoisotopic (exact) mass is 345 g/mol. The molecule has 0 saturated heterocycles. The van der Waals surface area contributed by atoms with Gasteiger partial charge >= 0.3 is 0 Å². The number of thiazole rings is 1. The summed E-state index contributed by atoms with van der Waals surface area (Å²) in [7, 11) is 5.91. The molecule has 0 unspecified atom stereocenters. The first-order chi connectivity index (χ1) is 11.5. The maximum Gasteiger partial charge on any atom is 0.191 e. The first kappa shape index (κ1) is 18.3. The van der Waals surface area contributed by atoms with Crippen LogP contribution < -0.4 is 15.5 Å². The van der Waals surface area contributed by atoms with Crippen molar-refractivity contribution in [1.82, 2.24) is 15.6 Å². The van der Waals surface area contributed by atoms with Crippen LogP contribution in [0.1, 0.15) is 21.8 Å². The van der Waals surface area contributed by atoms with E-state index in [2.05, 4.69) is 70.1 Å². The van der Waals surface area contributed by atoms with Crippen LogP contribution in [0.25, 0.3) is 0 Å². The first-order valence-corrected chi connectivity index (χ1v) is 9.00. The molecule has 5 nitrogen and oxygen atoms in total. The van der Waals surface area contributed by atoms with Crippen LogP contribution in [-0.2, 0) is 13.0 Å². The van der Waals surface area contributed by atoms with Crippen molar-refractivity contribution in [2.24, 2.45) is 4.99 Å². The summed E-state index contributed by atoms with van der Waals surface area (Å²) in [4.78, 5) is 10.9. The number of aryl methyl sites for hydroxylation is 2. The Morgan fingerprint density at radius 1 is 1.25 bits per heavy atom. The van der Waals surface area contributed by atoms with E-state index in [-0.39, 0.29) is 0 Å². The second kappa shape index (κ2) is 8.68. The Kier molecular flexibility index (Phi) is 6.61. The first-order valence-electron chi connectivity index (χ1n) is 8.12. The highest BCUT2D eigenvalue weighted by Gasteiger charge is 2.04. The molecule has 0 amide bonds. The number of benzene rings is 1. The predicted molar refractivity (Wildman–Crippen MR) is 104 cm³/mol. The third-order valence-electron chi connectivity index (χ3n) is 3.85. The third kappa shape index (κ3) is 5.23. The summed E-state index contributed by atoms with van der Waals surface area (Å²) in [6, 6.07) is 6.52. The van der Waals surface area contributed by atoms with Crippen LogP contribution >= 0.6 is 11.3 Å². The predicted octanol–water partition coefficient (Wildman–Crippen LogP) is 2.73. The average molecular weight is 346 g/mol. The molecule has 0 bridgehead atoms. The maximum absolute atomic E-state index is 4.48. The van der Waals surface area contributed by atoms with Crippen LogP contribution in [0.4, 0.5) is 5.69 Å². The molecule has 1 aromatic carbocycles. The summed E-state index contributed by atoms with van der Waals surface area (Å²) in [5.41, 5.74) is 4.91. The summed E-state index contributed by atoms with van der Waals surface area (Å²) in [6.07, 6.45) is 0.904. The van der Waals surface area contributed by atoms with Gasteiger partial charge in [0, 0.05) is 51.7 Å². The molecule has 1 aromatic heterocycles. The molecule has 2 rings (SSSR count). The number of hydrogen-bond acceptors (Lipinski definition) is 4. The highest BCUT2D eigenvalue weighted by Crippen LogP contribution is 2.17. The smallest absolute Gasteiger partial charge is 0.191 e. The fraction of sp³-hybridized carbons (Fsp3) is 0.444. The van der Waals surface area contributed by atoms with Gasteiger partial charge < -0.3 is 15.5 Å². The van der Waals surface area contributed by atoms with Gasteiger partial charge in [0.1, 0.15) is 0 Å². The van der Waals surface area contributed by atoms with Crippen molar-refractivity contribution >= 4 is 23.0 Å². The second-order valence-corrected chi connectivity index (χ2v) is 7.03. The number of guanidine groups is 1. The minimum atomic E-state index is 0.759. The molecule has 130 valence electrons. The molecule has 1 heterocycles. The fourth-order valence-electron chi connectivity index (χ4n) is 2.39. The van der Waals surface area contributed by atoms with Crippen molar-refractivity contribution in [1.29, 1.82) is 0 Å². The lowest BCUT2D eigenvalue weighted by Crippen LogP contribution is -2.38. The molecule has 0 aliphatic heterocycles. The van der Waals surface area contributed by atoms with Gasteiger partial charge in [0.05, 0.1) is 10.7 Å². The van der Waals surface area contributed by atoms with Gasteiger partial charge in [-0.2, -0.15) is 0 Å². The van der Waals surface area contributed by atoms with Crippen LogP contribution in [0.5, 0.6) is 0 Å². The van der Waals surface area contributed by atoms with Crippen molar-refractivity contribution in [2.45, 2.75) is 26.8 Å². The van der Waals surface area contributed by atoms with Gasteiger partial charge in [-0.1, -0.05) is 6.07 Å². The maximum atomic E-state index is 4.48. The van der Waals surface area contributed by atoms with Crippen LogP contribution in [0.15, 0.2) is 28.6 Å². The third-order valence-corrected chi connectivity index (χ3v) is 4.67. The molecule has 24 heavy (non-hydrogen) atoms. The summed E-state index contributed by atoms with van der Waals surface area (Å²) in [6.45, 7) is 5.76. The van der Waals surface area contributed by atoms with E-state index in [9.17, 15) is 0 Å².